The van der Waals surface area contributed by atoms with E-state index >= 15 is 0 Å². The second-order valence-corrected chi connectivity index (χ2v) is 10.5. The van der Waals surface area contributed by atoms with Gasteiger partial charge in [0.25, 0.3) is 10.0 Å². The molecule has 0 bridgehead atoms. The van der Waals surface area contributed by atoms with Crippen LogP contribution in [0.15, 0.2) is 41.3 Å². The van der Waals surface area contributed by atoms with Gasteiger partial charge in [0.2, 0.25) is 5.91 Å². The quantitative estimate of drug-likeness (QED) is 0.733. The molecule has 166 valence electrons. The minimum absolute atomic E-state index is 0.0629. The van der Waals surface area contributed by atoms with Gasteiger partial charge in [0.05, 0.1) is 10.6 Å². The van der Waals surface area contributed by atoms with Crippen LogP contribution in [0.5, 0.6) is 5.75 Å². The van der Waals surface area contributed by atoms with Crippen molar-refractivity contribution in [2.24, 2.45) is 5.92 Å². The summed E-state index contributed by atoms with van der Waals surface area (Å²) >= 11 is 6.20. The number of carbonyl (C=O) groups excluding carboxylic acids is 1. The van der Waals surface area contributed by atoms with E-state index in [4.69, 9.17) is 16.3 Å². The summed E-state index contributed by atoms with van der Waals surface area (Å²) < 4.78 is 33.4. The lowest BCUT2D eigenvalue weighted by Gasteiger charge is -2.27. The van der Waals surface area contributed by atoms with E-state index in [1.165, 1.54) is 31.4 Å². The molecule has 2 aromatic carbocycles. The van der Waals surface area contributed by atoms with Crippen LogP contribution in [0.25, 0.3) is 0 Å². The van der Waals surface area contributed by atoms with Gasteiger partial charge in [0, 0.05) is 25.0 Å². The van der Waals surface area contributed by atoms with E-state index in [0.29, 0.717) is 18.3 Å². The minimum Gasteiger partial charge on any atom is -0.487 e. The summed E-state index contributed by atoms with van der Waals surface area (Å²) in [6.07, 6.45) is 5.30. The number of ether oxygens (including phenoxy) is 1. The molecule has 0 atom stereocenters. The van der Waals surface area contributed by atoms with Gasteiger partial charge < -0.3 is 9.64 Å². The summed E-state index contributed by atoms with van der Waals surface area (Å²) in [6.45, 7) is 3.26. The molecule has 8 heteroatoms. The average Bonchev–Trinajstić information content (AvgIpc) is 3.52. The van der Waals surface area contributed by atoms with E-state index in [-0.39, 0.29) is 4.90 Å². The number of aryl methyl sites for hydroxylation is 1. The first-order valence-electron chi connectivity index (χ1n) is 10.6. The number of sulfonamides is 1. The van der Waals surface area contributed by atoms with E-state index in [2.05, 4.69) is 9.62 Å². The van der Waals surface area contributed by atoms with Gasteiger partial charge in [-0.05, 0) is 79.5 Å². The summed E-state index contributed by atoms with van der Waals surface area (Å²) in [5, 5.41) is 0.720. The summed E-state index contributed by atoms with van der Waals surface area (Å²) in [6, 6.07) is 10.7. The SMILES string of the molecule is CC(=O)NS(=O)(=O)c1ccc2c(c1)N(CC1CC1)CCCCc1cc(Cl)ccc1CO2. The smallest absolute Gasteiger partial charge is 0.264 e. The predicted octanol–water partition coefficient (Wildman–Crippen LogP) is 4.30. The predicted molar refractivity (Wildman–Crippen MR) is 121 cm³/mol. The zero-order valence-electron chi connectivity index (χ0n) is 17.6. The average molecular weight is 463 g/mol. The molecule has 0 unspecified atom stereocenters. The minimum atomic E-state index is -3.92. The van der Waals surface area contributed by atoms with Crippen molar-refractivity contribution in [1.82, 2.24) is 4.72 Å². The Kier molecular flexibility index (Phi) is 6.44. The van der Waals surface area contributed by atoms with Gasteiger partial charge in [-0.25, -0.2) is 13.1 Å². The molecule has 1 saturated carbocycles. The number of halogens is 1. The van der Waals surface area contributed by atoms with Crippen molar-refractivity contribution in [1.29, 1.82) is 0 Å². The summed E-state index contributed by atoms with van der Waals surface area (Å²) in [7, 11) is -3.92. The second-order valence-electron chi connectivity index (χ2n) is 8.34. The molecule has 1 aliphatic heterocycles. The largest absolute Gasteiger partial charge is 0.487 e. The van der Waals surface area contributed by atoms with Crippen LogP contribution in [0.2, 0.25) is 5.02 Å². The molecular weight excluding hydrogens is 436 g/mol. The Balaban J connectivity index is 1.71. The number of amides is 1. The first kappa shape index (κ1) is 22.0. The molecule has 0 radical (unpaired) electrons. The van der Waals surface area contributed by atoms with Gasteiger partial charge in [-0.3, -0.25) is 4.79 Å². The van der Waals surface area contributed by atoms with Crippen LogP contribution in [-0.4, -0.2) is 27.4 Å². The van der Waals surface area contributed by atoms with Crippen LogP contribution < -0.4 is 14.4 Å². The van der Waals surface area contributed by atoms with Gasteiger partial charge in [-0.1, -0.05) is 17.7 Å². The van der Waals surface area contributed by atoms with Crippen LogP contribution in [0.1, 0.15) is 43.7 Å². The number of hydrogen-bond acceptors (Lipinski definition) is 5. The van der Waals surface area contributed by atoms with Crippen molar-refractivity contribution in [3.05, 3.63) is 52.5 Å². The Morgan fingerprint density at radius 3 is 2.71 bits per heavy atom. The Hall–Kier alpha value is -2.25. The van der Waals surface area contributed by atoms with Gasteiger partial charge in [0.1, 0.15) is 12.4 Å². The highest BCUT2D eigenvalue weighted by Crippen LogP contribution is 2.37. The normalized spacial score (nSPS) is 17.0. The molecule has 2 aliphatic rings. The number of carbonyl (C=O) groups is 1. The molecular formula is C23H27ClN2O4S. The highest BCUT2D eigenvalue weighted by atomic mass is 35.5. The Labute approximate surface area is 188 Å². The molecule has 1 aliphatic carbocycles. The molecule has 1 amide bonds. The molecule has 2 aromatic rings. The van der Waals surface area contributed by atoms with Crippen molar-refractivity contribution in [2.75, 3.05) is 18.0 Å². The monoisotopic (exact) mass is 462 g/mol. The lowest BCUT2D eigenvalue weighted by molar-refractivity contribution is -0.117. The van der Waals surface area contributed by atoms with Crippen LogP contribution >= 0.6 is 11.6 Å². The third-order valence-electron chi connectivity index (χ3n) is 5.71. The Morgan fingerprint density at radius 1 is 1.16 bits per heavy atom. The molecule has 1 heterocycles. The third kappa shape index (κ3) is 5.52. The maximum atomic E-state index is 12.6. The van der Waals surface area contributed by atoms with Crippen LogP contribution in [-0.2, 0) is 27.8 Å². The van der Waals surface area contributed by atoms with E-state index in [1.54, 1.807) is 12.1 Å². The number of anilines is 1. The summed E-state index contributed by atoms with van der Waals surface area (Å²) in [4.78, 5) is 13.7. The van der Waals surface area contributed by atoms with Crippen molar-refractivity contribution >= 4 is 33.2 Å². The number of hydrogen-bond donors (Lipinski definition) is 1. The molecule has 0 aromatic heterocycles. The van der Waals surface area contributed by atoms with Crippen molar-refractivity contribution in [3.63, 3.8) is 0 Å². The van der Waals surface area contributed by atoms with Crippen molar-refractivity contribution in [3.8, 4) is 5.75 Å². The van der Waals surface area contributed by atoms with Gasteiger partial charge in [-0.15, -0.1) is 0 Å². The molecule has 31 heavy (non-hydrogen) atoms. The second kappa shape index (κ2) is 9.09. The van der Waals surface area contributed by atoms with Gasteiger partial charge in [0.15, 0.2) is 0 Å². The fourth-order valence-corrected chi connectivity index (χ4v) is 5.15. The van der Waals surface area contributed by atoms with E-state index in [9.17, 15) is 13.2 Å². The van der Waals surface area contributed by atoms with E-state index in [1.807, 2.05) is 18.2 Å². The fourth-order valence-electron chi connectivity index (χ4n) is 3.95. The van der Waals surface area contributed by atoms with Gasteiger partial charge >= 0.3 is 0 Å². The van der Waals surface area contributed by atoms with Gasteiger partial charge in [-0.2, -0.15) is 0 Å². The maximum Gasteiger partial charge on any atom is 0.264 e. The lowest BCUT2D eigenvalue weighted by Crippen LogP contribution is -2.30. The zero-order valence-corrected chi connectivity index (χ0v) is 19.1. The highest BCUT2D eigenvalue weighted by Gasteiger charge is 2.27. The van der Waals surface area contributed by atoms with Crippen molar-refractivity contribution in [2.45, 2.75) is 50.5 Å². The Morgan fingerprint density at radius 2 is 1.97 bits per heavy atom. The molecule has 0 spiro atoms. The lowest BCUT2D eigenvalue weighted by atomic mass is 10.0. The number of nitrogens with zero attached hydrogens (tertiary/aromatic N) is 1. The molecule has 1 N–H and O–H groups in total. The van der Waals surface area contributed by atoms with Crippen molar-refractivity contribution < 1.29 is 17.9 Å². The van der Waals surface area contributed by atoms with Crippen LogP contribution in [0, 0.1) is 5.92 Å². The number of nitrogens with one attached hydrogen (secondary N) is 1. The highest BCUT2D eigenvalue weighted by molar-refractivity contribution is 7.90. The standard InChI is InChI=1S/C23H27ClN2O4S/c1-16(27)25-31(28,29)21-9-10-23-22(13-21)26(14-17-5-6-17)11-3-2-4-18-12-20(24)8-7-19(18)15-30-23/h7-10,12-13,17H,2-6,11,14-15H2,1H3,(H,25,27). The maximum absolute atomic E-state index is 12.6. The summed E-state index contributed by atoms with van der Waals surface area (Å²) in [5.41, 5.74) is 3.03. The Bertz CT molecular complexity index is 1080. The molecule has 4 rings (SSSR count). The number of fused-ring (bicyclic) bond motifs is 2. The van der Waals surface area contributed by atoms with Crippen LogP contribution in [0.3, 0.4) is 0 Å². The topological polar surface area (TPSA) is 75.7 Å². The first-order chi connectivity index (χ1) is 14.8. The van der Waals surface area contributed by atoms with Crippen LogP contribution in [0.4, 0.5) is 5.69 Å². The number of rotatable bonds is 4. The molecule has 0 saturated heterocycles. The molecule has 6 nitrogen and oxygen atoms in total. The molecule has 1 fully saturated rings. The van der Waals surface area contributed by atoms with E-state index < -0.39 is 15.9 Å². The summed E-state index contributed by atoms with van der Waals surface area (Å²) in [5.74, 6) is 0.660. The first-order valence-corrected chi connectivity index (χ1v) is 12.5. The third-order valence-corrected chi connectivity index (χ3v) is 7.38. The number of benzene rings is 2. The van der Waals surface area contributed by atoms with E-state index in [0.717, 1.165) is 48.6 Å². The zero-order chi connectivity index (χ0) is 22.0. The fraction of sp³-hybridized carbons (Fsp3) is 0.435.